The van der Waals surface area contributed by atoms with E-state index in [1.807, 2.05) is 26.8 Å². The van der Waals surface area contributed by atoms with Gasteiger partial charge in [-0.05, 0) is 32.9 Å². The quantitative estimate of drug-likeness (QED) is 0.735. The van der Waals surface area contributed by atoms with E-state index in [9.17, 15) is 4.79 Å². The summed E-state index contributed by atoms with van der Waals surface area (Å²) in [4.78, 5) is 15.5. The summed E-state index contributed by atoms with van der Waals surface area (Å²) in [7, 11) is 0. The van der Waals surface area contributed by atoms with E-state index in [4.69, 9.17) is 11.0 Å². The molecule has 0 aromatic carbocycles. The molecule has 1 rings (SSSR count). The molecule has 1 heterocycles. The Hall–Kier alpha value is -2.29. The summed E-state index contributed by atoms with van der Waals surface area (Å²) in [6, 6.07) is 5.09. The van der Waals surface area contributed by atoms with Gasteiger partial charge in [0.1, 0.15) is 11.9 Å². The smallest absolute Gasteiger partial charge is 0.239 e. The Morgan fingerprint density at radius 2 is 2.17 bits per heavy atom. The van der Waals surface area contributed by atoms with E-state index in [0.29, 0.717) is 11.5 Å². The monoisotopic (exact) mass is 247 g/mol. The largest absolute Gasteiger partial charge is 0.396 e. The second-order valence-electron chi connectivity index (χ2n) is 4.90. The van der Waals surface area contributed by atoms with Crippen molar-refractivity contribution >= 4 is 17.4 Å². The van der Waals surface area contributed by atoms with Crippen LogP contribution in [0.2, 0.25) is 0 Å². The van der Waals surface area contributed by atoms with Crippen molar-refractivity contribution < 1.29 is 4.79 Å². The number of nitrogens with one attached hydrogen (secondary N) is 2. The first-order valence-corrected chi connectivity index (χ1v) is 5.53. The van der Waals surface area contributed by atoms with Crippen LogP contribution in [0.25, 0.3) is 0 Å². The van der Waals surface area contributed by atoms with Gasteiger partial charge in [-0.2, -0.15) is 5.26 Å². The molecular formula is C12H17N5O. The second kappa shape index (κ2) is 5.36. The van der Waals surface area contributed by atoms with Crippen LogP contribution in [0, 0.1) is 11.3 Å². The van der Waals surface area contributed by atoms with Gasteiger partial charge in [0.25, 0.3) is 0 Å². The SMILES string of the molecule is CC(C)(C)NC(=O)CNc1ccc(N)c(C#N)n1. The fourth-order valence-corrected chi connectivity index (χ4v) is 1.29. The third kappa shape index (κ3) is 4.29. The van der Waals surface area contributed by atoms with Crippen molar-refractivity contribution in [2.45, 2.75) is 26.3 Å². The summed E-state index contributed by atoms with van der Waals surface area (Å²) in [5.74, 6) is 0.310. The highest BCUT2D eigenvalue weighted by molar-refractivity contribution is 5.81. The number of aromatic nitrogens is 1. The van der Waals surface area contributed by atoms with Crippen molar-refractivity contribution in [3.63, 3.8) is 0 Å². The van der Waals surface area contributed by atoms with Gasteiger partial charge >= 0.3 is 0 Å². The molecule has 96 valence electrons. The minimum absolute atomic E-state index is 0.0963. The number of rotatable bonds is 3. The molecular weight excluding hydrogens is 230 g/mol. The maximum atomic E-state index is 11.6. The highest BCUT2D eigenvalue weighted by atomic mass is 16.2. The zero-order valence-corrected chi connectivity index (χ0v) is 10.7. The molecule has 6 nitrogen and oxygen atoms in total. The van der Waals surface area contributed by atoms with Gasteiger partial charge in [0, 0.05) is 5.54 Å². The number of nitriles is 1. The van der Waals surface area contributed by atoms with Crippen LogP contribution in [0.1, 0.15) is 26.5 Å². The number of pyridine rings is 1. The summed E-state index contributed by atoms with van der Waals surface area (Å²) in [6.45, 7) is 5.81. The maximum Gasteiger partial charge on any atom is 0.239 e. The van der Waals surface area contributed by atoms with Crippen LogP contribution in [-0.4, -0.2) is 23.0 Å². The Morgan fingerprint density at radius 3 is 2.72 bits per heavy atom. The van der Waals surface area contributed by atoms with E-state index in [1.54, 1.807) is 12.1 Å². The molecule has 0 saturated heterocycles. The van der Waals surface area contributed by atoms with Gasteiger partial charge < -0.3 is 16.4 Å². The first-order chi connectivity index (χ1) is 8.31. The fraction of sp³-hybridized carbons (Fsp3) is 0.417. The molecule has 6 heteroatoms. The normalized spacial score (nSPS) is 10.6. The van der Waals surface area contributed by atoms with Crippen molar-refractivity contribution in [2.75, 3.05) is 17.6 Å². The molecule has 4 N–H and O–H groups in total. The molecule has 1 aromatic heterocycles. The van der Waals surface area contributed by atoms with E-state index >= 15 is 0 Å². The van der Waals surface area contributed by atoms with Crippen LogP contribution in [0.5, 0.6) is 0 Å². The van der Waals surface area contributed by atoms with E-state index in [-0.39, 0.29) is 23.7 Å². The fourth-order valence-electron chi connectivity index (χ4n) is 1.29. The first-order valence-electron chi connectivity index (χ1n) is 5.53. The molecule has 0 unspecified atom stereocenters. The lowest BCUT2D eigenvalue weighted by molar-refractivity contribution is -0.120. The number of nitrogen functional groups attached to an aromatic ring is 1. The molecule has 0 aliphatic heterocycles. The standard InChI is InChI=1S/C12H17N5O/c1-12(2,3)17-11(18)7-15-10-5-4-8(14)9(6-13)16-10/h4-5H,7,14H2,1-3H3,(H,15,16)(H,17,18). The van der Waals surface area contributed by atoms with Gasteiger partial charge in [-0.25, -0.2) is 4.98 Å². The highest BCUT2D eigenvalue weighted by Gasteiger charge is 2.13. The third-order valence-electron chi connectivity index (χ3n) is 1.98. The zero-order valence-electron chi connectivity index (χ0n) is 10.7. The summed E-state index contributed by atoms with van der Waals surface area (Å²) in [6.07, 6.45) is 0. The molecule has 18 heavy (non-hydrogen) atoms. The van der Waals surface area contributed by atoms with E-state index in [2.05, 4.69) is 15.6 Å². The number of nitrogens with zero attached hydrogens (tertiary/aromatic N) is 2. The lowest BCUT2D eigenvalue weighted by atomic mass is 10.1. The first kappa shape index (κ1) is 13.8. The number of nitrogens with two attached hydrogens (primary N) is 1. The number of amides is 1. The average Bonchev–Trinajstić information content (AvgIpc) is 2.25. The Labute approximate surface area is 106 Å². The van der Waals surface area contributed by atoms with E-state index in [1.165, 1.54) is 0 Å². The molecule has 0 fully saturated rings. The van der Waals surface area contributed by atoms with E-state index in [0.717, 1.165) is 0 Å². The van der Waals surface area contributed by atoms with Crippen LogP contribution < -0.4 is 16.4 Å². The minimum atomic E-state index is -0.273. The lowest BCUT2D eigenvalue weighted by Gasteiger charge is -2.20. The third-order valence-corrected chi connectivity index (χ3v) is 1.98. The van der Waals surface area contributed by atoms with Crippen molar-refractivity contribution in [1.82, 2.24) is 10.3 Å². The molecule has 0 aliphatic rings. The second-order valence-corrected chi connectivity index (χ2v) is 4.90. The van der Waals surface area contributed by atoms with Gasteiger partial charge in [0.05, 0.1) is 12.2 Å². The van der Waals surface area contributed by atoms with Crippen LogP contribution in [0.3, 0.4) is 0 Å². The Morgan fingerprint density at radius 1 is 1.50 bits per heavy atom. The van der Waals surface area contributed by atoms with Crippen LogP contribution in [-0.2, 0) is 4.79 Å². The van der Waals surface area contributed by atoms with Gasteiger partial charge in [0.2, 0.25) is 5.91 Å². The lowest BCUT2D eigenvalue weighted by Crippen LogP contribution is -2.43. The summed E-state index contributed by atoms with van der Waals surface area (Å²) < 4.78 is 0. The van der Waals surface area contributed by atoms with Gasteiger partial charge in [-0.15, -0.1) is 0 Å². The topological polar surface area (TPSA) is 104 Å². The van der Waals surface area contributed by atoms with E-state index < -0.39 is 0 Å². The number of carbonyl (C=O) groups is 1. The van der Waals surface area contributed by atoms with Crippen molar-refractivity contribution in [3.05, 3.63) is 17.8 Å². The molecule has 1 aromatic rings. The van der Waals surface area contributed by atoms with Crippen LogP contribution in [0.15, 0.2) is 12.1 Å². The molecule has 0 atom stereocenters. The molecule has 0 saturated carbocycles. The number of hydrogen-bond donors (Lipinski definition) is 3. The number of carbonyl (C=O) groups excluding carboxylic acids is 1. The highest BCUT2D eigenvalue weighted by Crippen LogP contribution is 2.11. The Kier molecular flexibility index (Phi) is 4.10. The molecule has 0 aliphatic carbocycles. The molecule has 1 amide bonds. The average molecular weight is 247 g/mol. The van der Waals surface area contributed by atoms with Crippen molar-refractivity contribution in [2.24, 2.45) is 0 Å². The Balaban J connectivity index is 2.60. The number of anilines is 2. The summed E-state index contributed by atoms with van der Waals surface area (Å²) in [5, 5.41) is 14.4. The predicted octanol–water partition coefficient (Wildman–Crippen LogP) is 0.862. The minimum Gasteiger partial charge on any atom is -0.396 e. The zero-order chi connectivity index (χ0) is 13.8. The van der Waals surface area contributed by atoms with Crippen molar-refractivity contribution in [1.29, 1.82) is 5.26 Å². The molecule has 0 radical (unpaired) electrons. The van der Waals surface area contributed by atoms with Gasteiger partial charge in [-0.1, -0.05) is 0 Å². The maximum absolute atomic E-state index is 11.6. The van der Waals surface area contributed by atoms with Gasteiger partial charge in [-0.3, -0.25) is 4.79 Å². The summed E-state index contributed by atoms with van der Waals surface area (Å²) >= 11 is 0. The van der Waals surface area contributed by atoms with Gasteiger partial charge in [0.15, 0.2) is 5.69 Å². The predicted molar refractivity (Wildman–Crippen MR) is 69.7 cm³/mol. The van der Waals surface area contributed by atoms with Crippen LogP contribution >= 0.6 is 0 Å². The van der Waals surface area contributed by atoms with Crippen molar-refractivity contribution in [3.8, 4) is 6.07 Å². The number of hydrogen-bond acceptors (Lipinski definition) is 5. The summed E-state index contributed by atoms with van der Waals surface area (Å²) in [5.41, 5.74) is 5.75. The molecule has 0 spiro atoms. The Bertz CT molecular complexity index is 484. The molecule has 0 bridgehead atoms. The van der Waals surface area contributed by atoms with Crippen LogP contribution in [0.4, 0.5) is 11.5 Å².